The van der Waals surface area contributed by atoms with Crippen LogP contribution >= 0.6 is 23.7 Å². The van der Waals surface area contributed by atoms with E-state index in [0.29, 0.717) is 0 Å². The normalized spacial score (nSPS) is 12.2. The molecule has 2 amide bonds. The molecule has 5 nitrogen and oxygen atoms in total. The van der Waals surface area contributed by atoms with Gasteiger partial charge in [0.05, 0.1) is 16.0 Å². The van der Waals surface area contributed by atoms with Crippen LogP contribution in [-0.4, -0.2) is 27.2 Å². The zero-order valence-corrected chi connectivity index (χ0v) is 12.1. The molecule has 0 bridgehead atoms. The van der Waals surface area contributed by atoms with Gasteiger partial charge >= 0.3 is 6.03 Å². The summed E-state index contributed by atoms with van der Waals surface area (Å²) in [6.45, 7) is 4.04. The van der Waals surface area contributed by atoms with Crippen LogP contribution in [0.1, 0.15) is 18.4 Å². The summed E-state index contributed by atoms with van der Waals surface area (Å²) in [5, 5.41) is 2.51. The number of aryl methyl sites for hydroxylation is 2. The third kappa shape index (κ3) is 4.91. The first kappa shape index (κ1) is 14.2. The summed E-state index contributed by atoms with van der Waals surface area (Å²) in [6.07, 6.45) is 2.01. The van der Waals surface area contributed by atoms with E-state index in [1.54, 1.807) is 18.8 Å². The number of amides is 2. The Morgan fingerprint density at radius 2 is 2.35 bits per heavy atom. The predicted molar refractivity (Wildman–Crippen MR) is 73.9 cm³/mol. The van der Waals surface area contributed by atoms with Crippen LogP contribution in [0, 0.1) is 6.92 Å². The zero-order chi connectivity index (χ0) is 12.8. The lowest BCUT2D eigenvalue weighted by molar-refractivity contribution is 0.248. The molecular weight excluding hydrogens is 256 g/mol. The van der Waals surface area contributed by atoms with Crippen molar-refractivity contribution in [3.63, 3.8) is 0 Å². The van der Waals surface area contributed by atoms with Gasteiger partial charge in [-0.25, -0.2) is 9.78 Å². The van der Waals surface area contributed by atoms with Crippen LogP contribution in [0.25, 0.3) is 0 Å². The average molecular weight is 274 g/mol. The van der Waals surface area contributed by atoms with E-state index < -0.39 is 0 Å². The minimum atomic E-state index is -0.171. The van der Waals surface area contributed by atoms with Gasteiger partial charge in [0.15, 0.2) is 0 Å². The molecule has 1 rings (SSSR count). The molecule has 2 N–H and O–H groups in total. The summed E-state index contributed by atoms with van der Waals surface area (Å²) < 4.78 is 5.02. The number of aromatic nitrogens is 2. The Labute approximate surface area is 110 Å². The number of nitrogens with zero attached hydrogens (tertiary/aromatic N) is 2. The summed E-state index contributed by atoms with van der Waals surface area (Å²) >= 11 is 3.15. The fourth-order valence-corrected chi connectivity index (χ4v) is 2.86. The van der Waals surface area contributed by atoms with Gasteiger partial charge in [-0.1, -0.05) is 0 Å². The molecular formula is C10H18N4OS2. The summed E-state index contributed by atoms with van der Waals surface area (Å²) in [5.74, 6) is 1.90. The van der Waals surface area contributed by atoms with Crippen LogP contribution in [0.15, 0.2) is 6.20 Å². The molecule has 1 aromatic rings. The molecule has 7 heteroatoms. The van der Waals surface area contributed by atoms with E-state index >= 15 is 0 Å². The van der Waals surface area contributed by atoms with E-state index in [2.05, 4.69) is 21.9 Å². The van der Waals surface area contributed by atoms with Crippen molar-refractivity contribution in [3.8, 4) is 0 Å². The van der Waals surface area contributed by atoms with Gasteiger partial charge in [-0.05, 0) is 25.8 Å². The van der Waals surface area contributed by atoms with Crippen LogP contribution in [0.4, 0.5) is 4.79 Å². The molecule has 1 heterocycles. The Balaban J connectivity index is 2.30. The monoisotopic (exact) mass is 274 g/mol. The number of hydrogen-bond donors (Lipinski definition) is 2. The number of nitrogens with one attached hydrogen (secondary N) is 2. The maximum absolute atomic E-state index is 11.0. The van der Waals surface area contributed by atoms with Crippen LogP contribution in [0.5, 0.6) is 0 Å². The lowest BCUT2D eigenvalue weighted by atomic mass is 10.6. The highest BCUT2D eigenvalue weighted by molar-refractivity contribution is 8.15. The molecule has 1 atom stereocenters. The van der Waals surface area contributed by atoms with E-state index in [9.17, 15) is 4.79 Å². The van der Waals surface area contributed by atoms with Crippen molar-refractivity contribution in [1.29, 1.82) is 0 Å². The Morgan fingerprint density at radius 3 is 2.88 bits per heavy atom. The van der Waals surface area contributed by atoms with Crippen LogP contribution in [0.2, 0.25) is 0 Å². The minimum Gasteiger partial charge on any atom is -0.341 e. The Morgan fingerprint density at radius 1 is 1.65 bits per heavy atom. The highest BCUT2D eigenvalue weighted by Crippen LogP contribution is 2.23. The largest absolute Gasteiger partial charge is 0.341 e. The molecule has 0 aliphatic heterocycles. The molecule has 1 aromatic heterocycles. The van der Waals surface area contributed by atoms with Gasteiger partial charge in [0.2, 0.25) is 0 Å². The second-order valence-electron chi connectivity index (χ2n) is 3.59. The quantitative estimate of drug-likeness (QED) is 0.636. The van der Waals surface area contributed by atoms with Gasteiger partial charge in [-0.3, -0.25) is 4.72 Å². The highest BCUT2D eigenvalue weighted by atomic mass is 32.2. The molecule has 0 spiro atoms. The molecule has 0 radical (unpaired) electrons. The molecule has 0 saturated heterocycles. The number of carbonyl (C=O) groups is 1. The van der Waals surface area contributed by atoms with E-state index in [0.717, 1.165) is 17.3 Å². The number of urea groups is 1. The van der Waals surface area contributed by atoms with E-state index in [1.165, 1.54) is 11.9 Å². The first-order chi connectivity index (χ1) is 8.02. The lowest BCUT2D eigenvalue weighted by Gasteiger charge is -2.10. The molecule has 17 heavy (non-hydrogen) atoms. The summed E-state index contributed by atoms with van der Waals surface area (Å²) in [4.78, 5) is 15.4. The van der Waals surface area contributed by atoms with Crippen molar-refractivity contribution in [2.24, 2.45) is 7.05 Å². The van der Waals surface area contributed by atoms with Crippen molar-refractivity contribution in [2.75, 3.05) is 7.05 Å². The van der Waals surface area contributed by atoms with E-state index in [-0.39, 0.29) is 10.6 Å². The lowest BCUT2D eigenvalue weighted by Crippen LogP contribution is -2.28. The first-order valence-electron chi connectivity index (χ1n) is 5.26. The highest BCUT2D eigenvalue weighted by Gasteiger charge is 2.08. The molecule has 96 valence electrons. The van der Waals surface area contributed by atoms with Crippen molar-refractivity contribution < 1.29 is 4.79 Å². The third-order valence-electron chi connectivity index (χ3n) is 2.08. The summed E-state index contributed by atoms with van der Waals surface area (Å²) in [6, 6.07) is -0.171. The van der Waals surface area contributed by atoms with Gasteiger partial charge in [0, 0.05) is 20.3 Å². The molecule has 0 aliphatic carbocycles. The summed E-state index contributed by atoms with van der Waals surface area (Å²) in [5.41, 5.74) is 1.03. The van der Waals surface area contributed by atoms with Crippen molar-refractivity contribution in [2.45, 2.75) is 24.2 Å². The number of imidazole rings is 1. The van der Waals surface area contributed by atoms with Crippen LogP contribution in [-0.2, 0) is 12.8 Å². The maximum Gasteiger partial charge on any atom is 0.324 e. The van der Waals surface area contributed by atoms with Gasteiger partial charge < -0.3 is 9.88 Å². The van der Waals surface area contributed by atoms with Gasteiger partial charge in [0.1, 0.15) is 5.82 Å². The fourth-order valence-electron chi connectivity index (χ4n) is 1.21. The van der Waals surface area contributed by atoms with Crippen molar-refractivity contribution in [3.05, 3.63) is 17.7 Å². The number of hydrogen-bond acceptors (Lipinski definition) is 4. The smallest absolute Gasteiger partial charge is 0.324 e. The standard InChI is InChI=1S/C10H18N4OS2/c1-7-5-14(4)9(12-7)6-16-8(2)17-13-10(15)11-3/h5,8H,6H2,1-4H3,(H2,11,13,15). The van der Waals surface area contributed by atoms with E-state index in [4.69, 9.17) is 0 Å². The summed E-state index contributed by atoms with van der Waals surface area (Å²) in [7, 11) is 3.60. The minimum absolute atomic E-state index is 0.171. The molecule has 0 aromatic carbocycles. The van der Waals surface area contributed by atoms with Gasteiger partial charge in [0.25, 0.3) is 0 Å². The Bertz CT molecular complexity index is 380. The van der Waals surface area contributed by atoms with Crippen LogP contribution < -0.4 is 10.0 Å². The zero-order valence-electron chi connectivity index (χ0n) is 10.5. The average Bonchev–Trinajstić information content (AvgIpc) is 2.62. The number of thioether (sulfide) groups is 1. The Hall–Kier alpha value is -0.820. The predicted octanol–water partition coefficient (Wildman–Crippen LogP) is 1.88. The van der Waals surface area contributed by atoms with Crippen molar-refractivity contribution in [1.82, 2.24) is 19.6 Å². The van der Waals surface area contributed by atoms with Crippen LogP contribution in [0.3, 0.4) is 0 Å². The molecule has 0 aliphatic rings. The topological polar surface area (TPSA) is 59.0 Å². The third-order valence-corrected chi connectivity index (χ3v) is 4.31. The number of rotatable bonds is 5. The van der Waals surface area contributed by atoms with E-state index in [1.807, 2.05) is 24.7 Å². The molecule has 0 saturated carbocycles. The fraction of sp³-hybridized carbons (Fsp3) is 0.600. The second-order valence-corrected chi connectivity index (χ2v) is 6.36. The SMILES string of the molecule is CNC(=O)NSC(C)SCc1nc(C)cn1C. The Kier molecular flexibility index (Phi) is 5.70. The molecule has 1 unspecified atom stereocenters. The second kappa shape index (κ2) is 6.80. The maximum atomic E-state index is 11.0. The van der Waals surface area contributed by atoms with Gasteiger partial charge in [-0.2, -0.15) is 0 Å². The van der Waals surface area contributed by atoms with Gasteiger partial charge in [-0.15, -0.1) is 11.8 Å². The van der Waals surface area contributed by atoms with Crippen molar-refractivity contribution >= 4 is 29.7 Å². The molecule has 0 fully saturated rings. The number of carbonyl (C=O) groups excluding carboxylic acids is 1. The first-order valence-corrected chi connectivity index (χ1v) is 7.19.